The Balaban J connectivity index is 1.31. The maximum absolute atomic E-state index is 13.3. The van der Waals surface area contributed by atoms with Crippen LogP contribution in [0, 0.1) is 0 Å². The quantitative estimate of drug-likeness (QED) is 0.509. The number of fused-ring (bicyclic) bond motifs is 1. The summed E-state index contributed by atoms with van der Waals surface area (Å²) < 4.78 is 38.8. The van der Waals surface area contributed by atoms with Crippen molar-refractivity contribution in [2.24, 2.45) is 0 Å². The molecule has 2 aliphatic rings. The first-order chi connectivity index (χ1) is 16.9. The van der Waals surface area contributed by atoms with E-state index in [1.807, 2.05) is 6.07 Å². The molecule has 9 heteroatoms. The molecule has 1 amide bonds. The normalized spacial score (nSPS) is 16.1. The summed E-state index contributed by atoms with van der Waals surface area (Å²) in [6.07, 6.45) is 0. The van der Waals surface area contributed by atoms with Crippen LogP contribution in [0.2, 0.25) is 0 Å². The molecule has 2 heterocycles. The first-order valence-corrected chi connectivity index (χ1v) is 12.8. The lowest BCUT2D eigenvalue weighted by atomic mass is 9.97. The van der Waals surface area contributed by atoms with Crippen molar-refractivity contribution in [3.05, 3.63) is 89.5 Å². The van der Waals surface area contributed by atoms with Crippen molar-refractivity contribution in [3.8, 4) is 11.5 Å². The van der Waals surface area contributed by atoms with Gasteiger partial charge in [0, 0.05) is 43.4 Å². The number of carbonyl (C=O) groups is 2. The van der Waals surface area contributed by atoms with E-state index in [0.29, 0.717) is 41.4 Å². The van der Waals surface area contributed by atoms with Crippen LogP contribution in [0.3, 0.4) is 0 Å². The Morgan fingerprint density at radius 1 is 0.714 bits per heavy atom. The fraction of sp³-hybridized carbons (Fsp3) is 0.231. The van der Waals surface area contributed by atoms with Crippen LogP contribution < -0.4 is 9.47 Å². The van der Waals surface area contributed by atoms with Crippen LogP contribution in [0.1, 0.15) is 26.3 Å². The minimum Gasteiger partial charge on any atom is -0.486 e. The molecule has 0 atom stereocenters. The lowest BCUT2D eigenvalue weighted by Crippen LogP contribution is -2.50. The van der Waals surface area contributed by atoms with Gasteiger partial charge in [0.1, 0.15) is 13.2 Å². The van der Waals surface area contributed by atoms with Gasteiger partial charge in [-0.25, -0.2) is 8.42 Å². The molecule has 0 aliphatic carbocycles. The average molecular weight is 493 g/mol. The van der Waals surface area contributed by atoms with E-state index < -0.39 is 10.0 Å². The molecule has 0 bridgehead atoms. The summed E-state index contributed by atoms with van der Waals surface area (Å²) in [4.78, 5) is 28.1. The minimum atomic E-state index is -3.76. The van der Waals surface area contributed by atoms with Crippen molar-refractivity contribution in [1.29, 1.82) is 0 Å². The molecule has 0 N–H and O–H groups in total. The van der Waals surface area contributed by atoms with Crippen molar-refractivity contribution in [1.82, 2.24) is 9.21 Å². The standard InChI is InChI=1S/C26H24N2O6S/c29-25(19-6-2-1-3-7-19)21-8-4-5-9-22(21)26(30)27-12-14-28(15-13-27)35(31,32)20-10-11-23-24(18-20)34-17-16-33-23/h1-11,18H,12-17H2. The molecule has 0 saturated carbocycles. The van der Waals surface area contributed by atoms with E-state index in [-0.39, 0.29) is 42.8 Å². The summed E-state index contributed by atoms with van der Waals surface area (Å²) >= 11 is 0. The van der Waals surface area contributed by atoms with Gasteiger partial charge in [-0.15, -0.1) is 0 Å². The number of rotatable bonds is 5. The third-order valence-electron chi connectivity index (χ3n) is 6.12. The second-order valence-corrected chi connectivity index (χ2v) is 10.2. The van der Waals surface area contributed by atoms with E-state index in [1.54, 1.807) is 59.5 Å². The van der Waals surface area contributed by atoms with E-state index in [4.69, 9.17) is 9.47 Å². The van der Waals surface area contributed by atoms with Crippen LogP contribution in [-0.2, 0) is 10.0 Å². The average Bonchev–Trinajstić information content (AvgIpc) is 2.92. The van der Waals surface area contributed by atoms with E-state index in [2.05, 4.69) is 0 Å². The SMILES string of the molecule is O=C(c1ccccc1)c1ccccc1C(=O)N1CCN(S(=O)(=O)c2ccc3c(c2)OCCO3)CC1. The van der Waals surface area contributed by atoms with Crippen molar-refractivity contribution < 1.29 is 27.5 Å². The van der Waals surface area contributed by atoms with Crippen molar-refractivity contribution >= 4 is 21.7 Å². The minimum absolute atomic E-state index is 0.125. The van der Waals surface area contributed by atoms with Crippen LogP contribution >= 0.6 is 0 Å². The fourth-order valence-electron chi connectivity index (χ4n) is 4.25. The maximum atomic E-state index is 13.3. The molecule has 1 saturated heterocycles. The van der Waals surface area contributed by atoms with Gasteiger partial charge in [0.2, 0.25) is 10.0 Å². The zero-order valence-electron chi connectivity index (χ0n) is 18.9. The molecule has 0 unspecified atom stereocenters. The molecule has 5 rings (SSSR count). The number of hydrogen-bond donors (Lipinski definition) is 0. The molecule has 0 aromatic heterocycles. The van der Waals surface area contributed by atoms with E-state index in [0.717, 1.165) is 0 Å². The van der Waals surface area contributed by atoms with Gasteiger partial charge in [-0.05, 0) is 18.2 Å². The Morgan fingerprint density at radius 2 is 1.34 bits per heavy atom. The van der Waals surface area contributed by atoms with Gasteiger partial charge in [-0.2, -0.15) is 4.31 Å². The molecule has 0 spiro atoms. The molecule has 3 aromatic carbocycles. The number of hydrogen-bond acceptors (Lipinski definition) is 6. The smallest absolute Gasteiger partial charge is 0.254 e. The van der Waals surface area contributed by atoms with Crippen molar-refractivity contribution in [3.63, 3.8) is 0 Å². The van der Waals surface area contributed by atoms with E-state index in [1.165, 1.54) is 16.4 Å². The third-order valence-corrected chi connectivity index (χ3v) is 8.01. The summed E-state index contributed by atoms with van der Waals surface area (Å²) in [5.41, 5.74) is 1.14. The van der Waals surface area contributed by atoms with Crippen LogP contribution in [0.5, 0.6) is 11.5 Å². The summed E-state index contributed by atoms with van der Waals surface area (Å²) in [5.74, 6) is 0.413. The predicted molar refractivity (Wildman–Crippen MR) is 128 cm³/mol. The highest BCUT2D eigenvalue weighted by Gasteiger charge is 2.32. The lowest BCUT2D eigenvalue weighted by molar-refractivity contribution is 0.0694. The highest BCUT2D eigenvalue weighted by molar-refractivity contribution is 7.89. The Bertz CT molecular complexity index is 1370. The molecular weight excluding hydrogens is 468 g/mol. The second kappa shape index (κ2) is 9.52. The number of ether oxygens (including phenoxy) is 2. The Labute approximate surface area is 203 Å². The van der Waals surface area contributed by atoms with Crippen molar-refractivity contribution in [2.75, 3.05) is 39.4 Å². The summed E-state index contributed by atoms with van der Waals surface area (Å²) in [6.45, 7) is 1.53. The lowest BCUT2D eigenvalue weighted by Gasteiger charge is -2.34. The summed E-state index contributed by atoms with van der Waals surface area (Å²) in [6, 6.07) is 20.1. The van der Waals surface area contributed by atoms with Gasteiger partial charge in [0.05, 0.1) is 10.5 Å². The third kappa shape index (κ3) is 4.52. The van der Waals surface area contributed by atoms with Crippen LogP contribution in [-0.4, -0.2) is 68.7 Å². The molecule has 3 aromatic rings. The second-order valence-electron chi connectivity index (χ2n) is 8.24. The zero-order valence-corrected chi connectivity index (χ0v) is 19.7. The summed E-state index contributed by atoms with van der Waals surface area (Å²) in [7, 11) is -3.76. The van der Waals surface area contributed by atoms with Crippen LogP contribution in [0.4, 0.5) is 0 Å². The number of amides is 1. The summed E-state index contributed by atoms with van der Waals surface area (Å²) in [5, 5.41) is 0. The van der Waals surface area contributed by atoms with Gasteiger partial charge >= 0.3 is 0 Å². The van der Waals surface area contributed by atoms with Gasteiger partial charge in [0.25, 0.3) is 5.91 Å². The number of piperazine rings is 1. The fourth-order valence-corrected chi connectivity index (χ4v) is 5.69. The largest absolute Gasteiger partial charge is 0.486 e. The Morgan fingerprint density at radius 3 is 2.06 bits per heavy atom. The molecule has 8 nitrogen and oxygen atoms in total. The Hall–Kier alpha value is -3.69. The number of carbonyl (C=O) groups excluding carboxylic acids is 2. The molecule has 2 aliphatic heterocycles. The molecular formula is C26H24N2O6S. The van der Waals surface area contributed by atoms with Crippen molar-refractivity contribution in [2.45, 2.75) is 4.90 Å². The first-order valence-electron chi connectivity index (χ1n) is 11.3. The maximum Gasteiger partial charge on any atom is 0.254 e. The Kier molecular flexibility index (Phi) is 6.27. The number of sulfonamides is 1. The molecule has 35 heavy (non-hydrogen) atoms. The first kappa shape index (κ1) is 23.1. The monoisotopic (exact) mass is 492 g/mol. The van der Waals surface area contributed by atoms with Crippen LogP contribution in [0.25, 0.3) is 0 Å². The highest BCUT2D eigenvalue weighted by atomic mass is 32.2. The number of benzene rings is 3. The molecule has 1 fully saturated rings. The topological polar surface area (TPSA) is 93.2 Å². The molecule has 180 valence electrons. The van der Waals surface area contributed by atoms with Gasteiger partial charge in [-0.1, -0.05) is 48.5 Å². The number of ketones is 1. The van der Waals surface area contributed by atoms with Gasteiger partial charge in [0.15, 0.2) is 17.3 Å². The van der Waals surface area contributed by atoms with Gasteiger partial charge in [-0.3, -0.25) is 9.59 Å². The van der Waals surface area contributed by atoms with E-state index in [9.17, 15) is 18.0 Å². The highest BCUT2D eigenvalue weighted by Crippen LogP contribution is 2.33. The van der Waals surface area contributed by atoms with Crippen LogP contribution in [0.15, 0.2) is 77.7 Å². The van der Waals surface area contributed by atoms with E-state index >= 15 is 0 Å². The predicted octanol–water partition coefficient (Wildman–Crippen LogP) is 2.84. The van der Waals surface area contributed by atoms with Gasteiger partial charge < -0.3 is 14.4 Å². The number of nitrogens with zero attached hydrogens (tertiary/aromatic N) is 2. The molecule has 0 radical (unpaired) electrons. The zero-order chi connectivity index (χ0) is 24.4.